The van der Waals surface area contributed by atoms with Crippen LogP contribution in [0, 0.1) is 5.41 Å². The van der Waals surface area contributed by atoms with Gasteiger partial charge in [-0.2, -0.15) is 0 Å². The zero-order valence-corrected chi connectivity index (χ0v) is 12.9. The summed E-state index contributed by atoms with van der Waals surface area (Å²) in [6.45, 7) is 2.93. The first kappa shape index (κ1) is 15.9. The van der Waals surface area contributed by atoms with E-state index in [4.69, 9.17) is 5.73 Å². The third-order valence-electron chi connectivity index (χ3n) is 4.08. The summed E-state index contributed by atoms with van der Waals surface area (Å²) in [7, 11) is 0. The van der Waals surface area contributed by atoms with Crippen LogP contribution in [0.25, 0.3) is 0 Å². The largest absolute Gasteiger partial charge is 0.404 e. The molecule has 0 fully saturated rings. The van der Waals surface area contributed by atoms with Crippen LogP contribution in [0.5, 0.6) is 0 Å². The number of carbonyl (C=O) groups excluding carboxylic acids is 2. The van der Waals surface area contributed by atoms with E-state index in [-0.39, 0.29) is 11.6 Å². The molecular weight excluding hydrogens is 276 g/mol. The first-order chi connectivity index (χ1) is 10.5. The Balaban J connectivity index is 2.35. The lowest BCUT2D eigenvalue weighted by atomic mass is 9.68. The number of nitrogens with zero attached hydrogens (tertiary/aromatic N) is 1. The van der Waals surface area contributed by atoms with Gasteiger partial charge in [-0.15, -0.1) is 0 Å². The zero-order chi connectivity index (χ0) is 16.2. The Bertz CT molecular complexity index is 656. The highest BCUT2D eigenvalue weighted by molar-refractivity contribution is 6.07. The number of ketones is 2. The van der Waals surface area contributed by atoms with E-state index in [1.165, 1.54) is 20.0 Å². The second kappa shape index (κ2) is 6.52. The third-order valence-corrected chi connectivity index (χ3v) is 4.08. The number of para-hydroxylation sites is 1. The molecule has 1 aliphatic carbocycles. The highest BCUT2D eigenvalue weighted by Crippen LogP contribution is 2.40. The van der Waals surface area contributed by atoms with Gasteiger partial charge in [0.2, 0.25) is 0 Å². The number of allylic oxidation sites excluding steroid dienone is 3. The lowest BCUT2D eigenvalue weighted by Gasteiger charge is -2.32. The number of aliphatic imine (C=N–C) groups is 1. The highest BCUT2D eigenvalue weighted by atomic mass is 16.2. The van der Waals surface area contributed by atoms with Crippen molar-refractivity contribution in [1.82, 2.24) is 0 Å². The first-order valence-electron chi connectivity index (χ1n) is 7.20. The predicted molar refractivity (Wildman–Crippen MR) is 88.0 cm³/mol. The molecule has 0 atom stereocenters. The van der Waals surface area contributed by atoms with E-state index in [2.05, 4.69) is 4.99 Å². The van der Waals surface area contributed by atoms with Gasteiger partial charge < -0.3 is 5.73 Å². The minimum Gasteiger partial charge on any atom is -0.404 e. The van der Waals surface area contributed by atoms with Gasteiger partial charge in [-0.1, -0.05) is 24.3 Å². The van der Waals surface area contributed by atoms with Crippen molar-refractivity contribution < 1.29 is 9.59 Å². The molecule has 1 aromatic rings. The molecule has 2 N–H and O–H groups in total. The topological polar surface area (TPSA) is 72.5 Å². The van der Waals surface area contributed by atoms with Gasteiger partial charge in [0.15, 0.2) is 0 Å². The Labute approximate surface area is 130 Å². The number of hydrogen-bond acceptors (Lipinski definition) is 4. The van der Waals surface area contributed by atoms with Gasteiger partial charge in [-0.25, -0.2) is 0 Å². The molecule has 0 aromatic heterocycles. The van der Waals surface area contributed by atoms with Crippen molar-refractivity contribution in [2.75, 3.05) is 0 Å². The van der Waals surface area contributed by atoms with Gasteiger partial charge in [-0.3, -0.25) is 14.6 Å². The van der Waals surface area contributed by atoms with Crippen LogP contribution in [0.3, 0.4) is 0 Å². The Hall–Kier alpha value is -2.49. The predicted octanol–water partition coefficient (Wildman–Crippen LogP) is 3.12. The van der Waals surface area contributed by atoms with E-state index >= 15 is 0 Å². The Morgan fingerprint density at radius 2 is 1.77 bits per heavy atom. The lowest BCUT2D eigenvalue weighted by Crippen LogP contribution is -2.39. The molecule has 0 bridgehead atoms. The molecule has 0 aliphatic heterocycles. The summed E-state index contributed by atoms with van der Waals surface area (Å²) in [6.07, 6.45) is 5.79. The van der Waals surface area contributed by atoms with E-state index < -0.39 is 5.41 Å². The number of hydrogen-bond donors (Lipinski definition) is 1. The molecule has 0 saturated carbocycles. The number of Topliss-reactive ketones (excluding diaryl/α,β-unsaturated/α-hetero) is 2. The monoisotopic (exact) mass is 296 g/mol. The molecule has 0 radical (unpaired) electrons. The van der Waals surface area contributed by atoms with Crippen molar-refractivity contribution in [3.8, 4) is 0 Å². The molecule has 4 heteroatoms. The molecule has 22 heavy (non-hydrogen) atoms. The normalized spacial score (nSPS) is 19.2. The fraction of sp³-hybridized carbons (Fsp3) is 0.278. The standard InChI is InChI=1S/C18H20N2O2/c1-13(21)18(14(2)22)9-15(11-19)8-16(10-18)12-20-17-6-4-3-5-7-17/h3-8,11-12H,9-10,19H2,1-2H3. The van der Waals surface area contributed by atoms with Crippen LogP contribution in [0.15, 0.2) is 58.7 Å². The Kier molecular flexibility index (Phi) is 4.71. The molecule has 1 aromatic carbocycles. The van der Waals surface area contributed by atoms with Gasteiger partial charge in [0.1, 0.15) is 11.6 Å². The third kappa shape index (κ3) is 3.22. The van der Waals surface area contributed by atoms with Crippen LogP contribution in [-0.4, -0.2) is 17.8 Å². The van der Waals surface area contributed by atoms with Gasteiger partial charge >= 0.3 is 0 Å². The molecular formula is C18H20N2O2. The van der Waals surface area contributed by atoms with Crippen molar-refractivity contribution in [2.24, 2.45) is 16.1 Å². The van der Waals surface area contributed by atoms with Crippen LogP contribution in [0.4, 0.5) is 5.69 Å². The van der Waals surface area contributed by atoms with E-state index in [9.17, 15) is 9.59 Å². The summed E-state index contributed by atoms with van der Waals surface area (Å²) in [5.41, 5.74) is 7.04. The van der Waals surface area contributed by atoms with Gasteiger partial charge in [0.25, 0.3) is 0 Å². The maximum absolute atomic E-state index is 12.1. The van der Waals surface area contributed by atoms with Crippen LogP contribution in [0.2, 0.25) is 0 Å². The molecule has 0 unspecified atom stereocenters. The van der Waals surface area contributed by atoms with Gasteiger partial charge in [-0.05, 0) is 56.2 Å². The summed E-state index contributed by atoms with van der Waals surface area (Å²) >= 11 is 0. The Morgan fingerprint density at radius 1 is 1.14 bits per heavy atom. The second-order valence-corrected chi connectivity index (χ2v) is 5.60. The quantitative estimate of drug-likeness (QED) is 0.685. The molecule has 1 aliphatic rings. The fourth-order valence-electron chi connectivity index (χ4n) is 2.71. The van der Waals surface area contributed by atoms with E-state index in [0.717, 1.165) is 16.8 Å². The first-order valence-corrected chi connectivity index (χ1v) is 7.20. The van der Waals surface area contributed by atoms with Crippen LogP contribution in [0.1, 0.15) is 26.7 Å². The summed E-state index contributed by atoms with van der Waals surface area (Å²) < 4.78 is 0. The molecule has 2 rings (SSSR count). The number of carbonyl (C=O) groups is 2. The number of nitrogens with two attached hydrogens (primary N) is 1. The van der Waals surface area contributed by atoms with E-state index in [0.29, 0.717) is 12.8 Å². The second-order valence-electron chi connectivity index (χ2n) is 5.60. The van der Waals surface area contributed by atoms with Crippen LogP contribution < -0.4 is 5.73 Å². The smallest absolute Gasteiger partial charge is 0.144 e. The molecule has 4 nitrogen and oxygen atoms in total. The molecule has 0 spiro atoms. The van der Waals surface area contributed by atoms with Crippen LogP contribution in [-0.2, 0) is 9.59 Å². The molecule has 0 amide bonds. The minimum absolute atomic E-state index is 0.127. The highest BCUT2D eigenvalue weighted by Gasteiger charge is 2.43. The van der Waals surface area contributed by atoms with Crippen molar-refractivity contribution in [3.05, 3.63) is 53.8 Å². The fourth-order valence-corrected chi connectivity index (χ4v) is 2.71. The summed E-state index contributed by atoms with van der Waals surface area (Å²) in [5, 5.41) is 0. The van der Waals surface area contributed by atoms with Crippen molar-refractivity contribution in [2.45, 2.75) is 26.7 Å². The average molecular weight is 296 g/mol. The molecule has 114 valence electrons. The van der Waals surface area contributed by atoms with Crippen molar-refractivity contribution in [3.63, 3.8) is 0 Å². The van der Waals surface area contributed by atoms with E-state index in [1.807, 2.05) is 36.4 Å². The maximum Gasteiger partial charge on any atom is 0.144 e. The maximum atomic E-state index is 12.1. The zero-order valence-electron chi connectivity index (χ0n) is 12.9. The number of rotatable bonds is 4. The lowest BCUT2D eigenvalue weighted by molar-refractivity contribution is -0.138. The van der Waals surface area contributed by atoms with Gasteiger partial charge in [0.05, 0.1) is 11.1 Å². The summed E-state index contributed by atoms with van der Waals surface area (Å²) in [5.74, 6) is -0.254. The van der Waals surface area contributed by atoms with Gasteiger partial charge in [0, 0.05) is 6.21 Å². The van der Waals surface area contributed by atoms with Crippen molar-refractivity contribution in [1.29, 1.82) is 0 Å². The minimum atomic E-state index is -1.02. The van der Waals surface area contributed by atoms with Crippen molar-refractivity contribution >= 4 is 23.5 Å². The molecule has 0 heterocycles. The average Bonchev–Trinajstić information content (AvgIpc) is 2.53. The molecule has 0 saturated heterocycles. The SMILES string of the molecule is CC(=O)C1(C(C)=O)CC(=CN)C=C(C=Nc2ccccc2)C1. The number of benzene rings is 1. The van der Waals surface area contributed by atoms with Crippen LogP contribution >= 0.6 is 0 Å². The van der Waals surface area contributed by atoms with E-state index in [1.54, 1.807) is 6.21 Å². The summed E-state index contributed by atoms with van der Waals surface area (Å²) in [6, 6.07) is 9.52. The Morgan fingerprint density at radius 3 is 2.32 bits per heavy atom. The summed E-state index contributed by atoms with van der Waals surface area (Å²) in [4.78, 5) is 28.6.